The molecule has 114 valence electrons. The van der Waals surface area contributed by atoms with Crippen molar-refractivity contribution in [3.63, 3.8) is 0 Å². The van der Waals surface area contributed by atoms with Gasteiger partial charge in [-0.3, -0.25) is 0 Å². The lowest BCUT2D eigenvalue weighted by Crippen LogP contribution is -2.32. The number of rotatable bonds is 11. The summed E-state index contributed by atoms with van der Waals surface area (Å²) < 4.78 is 5.65. The molecular weight excluding hydrogens is 248 g/mol. The number of likely N-dealkylation sites (N-methyl/N-ethyl adjacent to an activating group) is 1. The SMILES string of the molecule is CCCOc1cccc(CNCCN(CC)CCC)c1. The molecule has 20 heavy (non-hydrogen) atoms. The largest absolute Gasteiger partial charge is 0.494 e. The van der Waals surface area contributed by atoms with Gasteiger partial charge in [-0.2, -0.15) is 0 Å². The molecule has 0 amide bonds. The molecule has 0 saturated heterocycles. The Balaban J connectivity index is 2.27. The minimum atomic E-state index is 0.791. The summed E-state index contributed by atoms with van der Waals surface area (Å²) in [5.74, 6) is 0.979. The second-order valence-electron chi connectivity index (χ2n) is 5.11. The summed E-state index contributed by atoms with van der Waals surface area (Å²) >= 11 is 0. The highest BCUT2D eigenvalue weighted by molar-refractivity contribution is 5.28. The fourth-order valence-corrected chi connectivity index (χ4v) is 2.18. The van der Waals surface area contributed by atoms with E-state index in [4.69, 9.17) is 4.74 Å². The molecule has 0 aliphatic heterocycles. The summed E-state index contributed by atoms with van der Waals surface area (Å²) in [5, 5.41) is 3.51. The van der Waals surface area contributed by atoms with Crippen molar-refractivity contribution in [2.45, 2.75) is 40.2 Å². The summed E-state index contributed by atoms with van der Waals surface area (Å²) in [6.45, 7) is 12.8. The Morgan fingerprint density at radius 3 is 2.65 bits per heavy atom. The van der Waals surface area contributed by atoms with Gasteiger partial charge in [0.05, 0.1) is 6.61 Å². The molecule has 0 radical (unpaired) electrons. The molecule has 0 fully saturated rings. The van der Waals surface area contributed by atoms with Crippen LogP contribution in [0, 0.1) is 0 Å². The van der Waals surface area contributed by atoms with Crippen LogP contribution < -0.4 is 10.1 Å². The number of hydrogen-bond acceptors (Lipinski definition) is 3. The minimum Gasteiger partial charge on any atom is -0.494 e. The van der Waals surface area contributed by atoms with Crippen LogP contribution in [0.4, 0.5) is 0 Å². The highest BCUT2D eigenvalue weighted by Gasteiger charge is 2.00. The molecule has 0 aromatic heterocycles. The average molecular weight is 278 g/mol. The van der Waals surface area contributed by atoms with Crippen LogP contribution in [0.5, 0.6) is 5.75 Å². The predicted octanol–water partition coefficient (Wildman–Crippen LogP) is 3.30. The fraction of sp³-hybridized carbons (Fsp3) is 0.647. The Hall–Kier alpha value is -1.06. The van der Waals surface area contributed by atoms with Gasteiger partial charge in [0.2, 0.25) is 0 Å². The Kier molecular flexibility index (Phi) is 9.09. The van der Waals surface area contributed by atoms with Gasteiger partial charge in [-0.1, -0.05) is 32.9 Å². The smallest absolute Gasteiger partial charge is 0.119 e. The van der Waals surface area contributed by atoms with Crippen LogP contribution in [0.15, 0.2) is 24.3 Å². The van der Waals surface area contributed by atoms with E-state index in [0.29, 0.717) is 0 Å². The Labute approximate surface area is 124 Å². The van der Waals surface area contributed by atoms with Crippen molar-refractivity contribution in [2.75, 3.05) is 32.8 Å². The zero-order chi connectivity index (χ0) is 14.6. The first-order chi connectivity index (χ1) is 9.80. The summed E-state index contributed by atoms with van der Waals surface area (Å²) in [6, 6.07) is 8.37. The van der Waals surface area contributed by atoms with Crippen molar-refractivity contribution in [1.82, 2.24) is 10.2 Å². The molecule has 0 bridgehead atoms. The number of nitrogens with zero attached hydrogens (tertiary/aromatic N) is 1. The predicted molar refractivity (Wildman–Crippen MR) is 86.3 cm³/mol. The van der Waals surface area contributed by atoms with E-state index in [2.05, 4.69) is 49.2 Å². The molecule has 1 rings (SSSR count). The molecule has 1 aromatic carbocycles. The van der Waals surface area contributed by atoms with Gasteiger partial charge in [-0.05, 0) is 43.6 Å². The maximum atomic E-state index is 5.65. The Morgan fingerprint density at radius 2 is 1.95 bits per heavy atom. The maximum absolute atomic E-state index is 5.65. The van der Waals surface area contributed by atoms with Gasteiger partial charge in [0.25, 0.3) is 0 Å². The standard InChI is InChI=1S/C17H30N2O/c1-4-11-19(6-3)12-10-18-15-16-8-7-9-17(14-16)20-13-5-2/h7-9,14,18H,4-6,10-13,15H2,1-3H3. The number of nitrogens with one attached hydrogen (secondary N) is 1. The summed E-state index contributed by atoms with van der Waals surface area (Å²) in [6.07, 6.45) is 2.28. The number of hydrogen-bond donors (Lipinski definition) is 1. The maximum Gasteiger partial charge on any atom is 0.119 e. The van der Waals surface area contributed by atoms with Crippen LogP contribution in [0.2, 0.25) is 0 Å². The molecule has 1 aromatic rings. The lowest BCUT2D eigenvalue weighted by molar-refractivity contribution is 0.287. The molecular formula is C17H30N2O. The molecule has 1 N–H and O–H groups in total. The van der Waals surface area contributed by atoms with Gasteiger partial charge >= 0.3 is 0 Å². The van der Waals surface area contributed by atoms with Gasteiger partial charge in [0.1, 0.15) is 5.75 Å². The zero-order valence-corrected chi connectivity index (χ0v) is 13.3. The molecule has 0 heterocycles. The highest BCUT2D eigenvalue weighted by Crippen LogP contribution is 2.13. The first kappa shape index (κ1) is 17.0. The monoisotopic (exact) mass is 278 g/mol. The first-order valence-corrected chi connectivity index (χ1v) is 7.94. The molecule has 0 spiro atoms. The van der Waals surface area contributed by atoms with Crippen molar-refractivity contribution in [3.05, 3.63) is 29.8 Å². The number of ether oxygens (including phenoxy) is 1. The van der Waals surface area contributed by atoms with Gasteiger partial charge in [-0.15, -0.1) is 0 Å². The van der Waals surface area contributed by atoms with Crippen LogP contribution in [0.1, 0.15) is 39.2 Å². The lowest BCUT2D eigenvalue weighted by atomic mass is 10.2. The quantitative estimate of drug-likeness (QED) is 0.629. The summed E-state index contributed by atoms with van der Waals surface area (Å²) in [7, 11) is 0. The van der Waals surface area contributed by atoms with E-state index < -0.39 is 0 Å². The summed E-state index contributed by atoms with van der Waals surface area (Å²) in [5.41, 5.74) is 1.29. The van der Waals surface area contributed by atoms with Crippen LogP contribution in [-0.2, 0) is 6.54 Å². The fourth-order valence-electron chi connectivity index (χ4n) is 2.18. The molecule has 3 heteroatoms. The van der Waals surface area contributed by atoms with E-state index in [1.807, 2.05) is 6.07 Å². The van der Waals surface area contributed by atoms with E-state index in [0.717, 1.165) is 45.0 Å². The molecule has 0 atom stereocenters. The Bertz CT molecular complexity index is 355. The van der Waals surface area contributed by atoms with Gasteiger partial charge in [0, 0.05) is 19.6 Å². The van der Waals surface area contributed by atoms with E-state index in [1.165, 1.54) is 18.5 Å². The van der Waals surface area contributed by atoms with Crippen LogP contribution >= 0.6 is 0 Å². The summed E-state index contributed by atoms with van der Waals surface area (Å²) in [4.78, 5) is 2.48. The van der Waals surface area contributed by atoms with E-state index in [1.54, 1.807) is 0 Å². The van der Waals surface area contributed by atoms with Crippen molar-refractivity contribution in [3.8, 4) is 5.75 Å². The van der Waals surface area contributed by atoms with Crippen molar-refractivity contribution in [2.24, 2.45) is 0 Å². The second kappa shape index (κ2) is 10.7. The third-order valence-electron chi connectivity index (χ3n) is 3.29. The molecule has 0 aliphatic carbocycles. The van der Waals surface area contributed by atoms with E-state index in [-0.39, 0.29) is 0 Å². The normalized spacial score (nSPS) is 11.0. The Morgan fingerprint density at radius 1 is 1.10 bits per heavy atom. The van der Waals surface area contributed by atoms with Crippen molar-refractivity contribution >= 4 is 0 Å². The van der Waals surface area contributed by atoms with Gasteiger partial charge in [-0.25, -0.2) is 0 Å². The average Bonchev–Trinajstić information content (AvgIpc) is 2.48. The van der Waals surface area contributed by atoms with E-state index >= 15 is 0 Å². The van der Waals surface area contributed by atoms with Crippen molar-refractivity contribution < 1.29 is 4.74 Å². The second-order valence-corrected chi connectivity index (χ2v) is 5.11. The molecule has 0 aliphatic rings. The lowest BCUT2D eigenvalue weighted by Gasteiger charge is -2.19. The molecule has 0 saturated carbocycles. The minimum absolute atomic E-state index is 0.791. The van der Waals surface area contributed by atoms with Crippen LogP contribution in [-0.4, -0.2) is 37.7 Å². The number of benzene rings is 1. The third-order valence-corrected chi connectivity index (χ3v) is 3.29. The zero-order valence-electron chi connectivity index (χ0n) is 13.3. The van der Waals surface area contributed by atoms with Crippen LogP contribution in [0.25, 0.3) is 0 Å². The van der Waals surface area contributed by atoms with Gasteiger partial charge < -0.3 is 15.0 Å². The molecule has 0 unspecified atom stereocenters. The topological polar surface area (TPSA) is 24.5 Å². The third kappa shape index (κ3) is 6.92. The van der Waals surface area contributed by atoms with Crippen molar-refractivity contribution in [1.29, 1.82) is 0 Å². The molecule has 3 nitrogen and oxygen atoms in total. The first-order valence-electron chi connectivity index (χ1n) is 7.94. The highest BCUT2D eigenvalue weighted by atomic mass is 16.5. The van der Waals surface area contributed by atoms with Crippen LogP contribution in [0.3, 0.4) is 0 Å². The van der Waals surface area contributed by atoms with E-state index in [9.17, 15) is 0 Å². The van der Waals surface area contributed by atoms with Gasteiger partial charge in [0.15, 0.2) is 0 Å².